The van der Waals surface area contributed by atoms with Crippen LogP contribution in [0.5, 0.6) is 0 Å². The van der Waals surface area contributed by atoms with Crippen LogP contribution in [0.4, 0.5) is 0 Å². The van der Waals surface area contributed by atoms with Crippen LogP contribution in [0.1, 0.15) is 278 Å². The Kier molecular flexibility index (Phi) is 61.9. The second kappa shape index (κ2) is 65.8. The van der Waals surface area contributed by atoms with Crippen molar-refractivity contribution < 1.29 is 28.6 Å². The number of ether oxygens (including phenoxy) is 3. The van der Waals surface area contributed by atoms with E-state index in [1.807, 2.05) is 0 Å². The third kappa shape index (κ3) is 64.0. The predicted octanol–water partition coefficient (Wildman–Crippen LogP) is 22.3. The van der Waals surface area contributed by atoms with Gasteiger partial charge in [-0.3, -0.25) is 14.4 Å². The lowest BCUT2D eigenvalue weighted by Gasteiger charge is -2.18. The van der Waals surface area contributed by atoms with Crippen molar-refractivity contribution in [2.45, 2.75) is 284 Å². The Morgan fingerprint density at radius 1 is 0.266 bits per heavy atom. The highest BCUT2D eigenvalue weighted by Crippen LogP contribution is 2.15. The highest BCUT2D eigenvalue weighted by Gasteiger charge is 2.19. The van der Waals surface area contributed by atoms with Crippen molar-refractivity contribution in [2.75, 3.05) is 13.2 Å². The van der Waals surface area contributed by atoms with Crippen molar-refractivity contribution in [2.24, 2.45) is 0 Å². The van der Waals surface area contributed by atoms with Crippen LogP contribution in [0.15, 0.2) is 146 Å². The van der Waals surface area contributed by atoms with Gasteiger partial charge in [0.2, 0.25) is 0 Å². The van der Waals surface area contributed by atoms with Crippen LogP contribution in [0.25, 0.3) is 0 Å². The second-order valence-corrected chi connectivity index (χ2v) is 20.9. The number of esters is 3. The highest BCUT2D eigenvalue weighted by atomic mass is 16.6. The summed E-state index contributed by atoms with van der Waals surface area (Å²) in [5.74, 6) is -0.948. The van der Waals surface area contributed by atoms with E-state index >= 15 is 0 Å². The molecular formula is C73H118O6. The number of hydrogen-bond acceptors (Lipinski definition) is 6. The minimum absolute atomic E-state index is 0.0993. The Morgan fingerprint density at radius 3 is 0.797 bits per heavy atom. The first-order valence-electron chi connectivity index (χ1n) is 32.3. The van der Waals surface area contributed by atoms with Crippen LogP contribution in [0.2, 0.25) is 0 Å². The molecule has 0 fully saturated rings. The van der Waals surface area contributed by atoms with Gasteiger partial charge in [-0.25, -0.2) is 0 Å². The van der Waals surface area contributed by atoms with Crippen LogP contribution >= 0.6 is 0 Å². The maximum absolute atomic E-state index is 12.9. The molecule has 79 heavy (non-hydrogen) atoms. The van der Waals surface area contributed by atoms with Crippen molar-refractivity contribution >= 4 is 17.9 Å². The van der Waals surface area contributed by atoms with Crippen LogP contribution in [0, 0.1) is 0 Å². The molecule has 0 aromatic rings. The summed E-state index contributed by atoms with van der Waals surface area (Å²) in [6.45, 7) is 6.37. The van der Waals surface area contributed by atoms with Gasteiger partial charge in [0.15, 0.2) is 6.10 Å². The fourth-order valence-corrected chi connectivity index (χ4v) is 8.57. The van der Waals surface area contributed by atoms with E-state index in [0.29, 0.717) is 19.3 Å². The molecule has 0 aliphatic rings. The molecule has 6 heteroatoms. The fourth-order valence-electron chi connectivity index (χ4n) is 8.57. The molecule has 0 aliphatic heterocycles. The van der Waals surface area contributed by atoms with Gasteiger partial charge in [-0.2, -0.15) is 0 Å². The van der Waals surface area contributed by atoms with Crippen LogP contribution < -0.4 is 0 Å². The van der Waals surface area contributed by atoms with Gasteiger partial charge in [0.05, 0.1) is 0 Å². The predicted molar refractivity (Wildman–Crippen MR) is 343 cm³/mol. The zero-order valence-electron chi connectivity index (χ0n) is 51.1. The summed E-state index contributed by atoms with van der Waals surface area (Å²) in [5, 5.41) is 0. The maximum Gasteiger partial charge on any atom is 0.306 e. The molecular weight excluding hydrogens is 973 g/mol. The first-order chi connectivity index (χ1) is 39.0. The van der Waals surface area contributed by atoms with E-state index in [1.165, 1.54) is 103 Å². The van der Waals surface area contributed by atoms with E-state index < -0.39 is 6.10 Å². The largest absolute Gasteiger partial charge is 0.462 e. The molecule has 1 unspecified atom stereocenters. The van der Waals surface area contributed by atoms with E-state index in [0.717, 1.165) is 128 Å². The monoisotopic (exact) mass is 1090 g/mol. The van der Waals surface area contributed by atoms with Gasteiger partial charge in [-0.05, 0) is 122 Å². The van der Waals surface area contributed by atoms with Crippen LogP contribution in [-0.2, 0) is 28.6 Å². The standard InChI is InChI=1S/C73H118O6/c1-4-7-10-13-16-19-22-24-26-28-30-32-33-34-35-36-37-38-39-41-42-44-46-48-51-54-57-60-63-66-72(75)78-69-70(68-77-71(74)65-62-59-56-53-50-21-18-15-12-9-6-3)79-73(76)67-64-61-58-55-52-49-47-45-43-40-31-29-27-25-23-20-17-14-11-8-5-2/h7-8,10-11,16-17,19-20,24-27,30-32,34-35,37-38,40,45,47,52,55,70H,4-6,9,12-15,18,21-23,28-29,33,36,39,41-44,46,48-51,53-54,56-69H2,1-3H3/b10-7-,11-8-,19-16-,20-17-,26-24-,27-25-,32-30-,35-34-,38-37-,40-31-,47-45-,55-52-. The maximum atomic E-state index is 12.9. The number of unbranched alkanes of at least 4 members (excludes halogenated alkanes) is 22. The number of rotatable bonds is 57. The van der Waals surface area contributed by atoms with E-state index in [-0.39, 0.29) is 37.5 Å². The molecule has 0 rings (SSSR count). The number of carbonyl (C=O) groups excluding carboxylic acids is 3. The number of allylic oxidation sites excluding steroid dienone is 24. The Bertz CT molecular complexity index is 1730. The molecule has 6 nitrogen and oxygen atoms in total. The van der Waals surface area contributed by atoms with E-state index in [9.17, 15) is 14.4 Å². The molecule has 0 spiro atoms. The van der Waals surface area contributed by atoms with Crippen LogP contribution in [0.3, 0.4) is 0 Å². The molecule has 0 saturated carbocycles. The molecule has 446 valence electrons. The van der Waals surface area contributed by atoms with Crippen molar-refractivity contribution in [1.82, 2.24) is 0 Å². The second-order valence-electron chi connectivity index (χ2n) is 20.9. The third-order valence-electron chi connectivity index (χ3n) is 13.3. The number of hydrogen-bond donors (Lipinski definition) is 0. The zero-order chi connectivity index (χ0) is 57.1. The summed E-state index contributed by atoms with van der Waals surface area (Å²) >= 11 is 0. The van der Waals surface area contributed by atoms with E-state index in [4.69, 9.17) is 14.2 Å². The van der Waals surface area contributed by atoms with Gasteiger partial charge in [0, 0.05) is 19.3 Å². The Balaban J connectivity index is 4.35. The molecule has 0 N–H and O–H groups in total. The summed E-state index contributed by atoms with van der Waals surface area (Å²) in [4.78, 5) is 38.3. The summed E-state index contributed by atoms with van der Waals surface area (Å²) in [6.07, 6.45) is 94.3. The molecule has 0 aromatic heterocycles. The van der Waals surface area contributed by atoms with Gasteiger partial charge in [-0.1, -0.05) is 282 Å². The number of carbonyl (C=O) groups is 3. The quantitative estimate of drug-likeness (QED) is 0.0261. The minimum Gasteiger partial charge on any atom is -0.462 e. The van der Waals surface area contributed by atoms with Crippen molar-refractivity contribution in [3.63, 3.8) is 0 Å². The summed E-state index contributed by atoms with van der Waals surface area (Å²) in [7, 11) is 0. The fraction of sp³-hybridized carbons (Fsp3) is 0.630. The molecule has 1 atom stereocenters. The third-order valence-corrected chi connectivity index (χ3v) is 13.3. The Labute approximate surface area is 487 Å². The van der Waals surface area contributed by atoms with Gasteiger partial charge in [0.1, 0.15) is 13.2 Å². The molecule has 0 bridgehead atoms. The van der Waals surface area contributed by atoms with Crippen molar-refractivity contribution in [1.29, 1.82) is 0 Å². The highest BCUT2D eigenvalue weighted by molar-refractivity contribution is 5.71. The first-order valence-corrected chi connectivity index (χ1v) is 32.3. The van der Waals surface area contributed by atoms with E-state index in [1.54, 1.807) is 0 Å². The van der Waals surface area contributed by atoms with Crippen LogP contribution in [-0.4, -0.2) is 37.2 Å². The summed E-state index contributed by atoms with van der Waals surface area (Å²) in [5.41, 5.74) is 0. The molecule has 0 heterocycles. The molecule has 0 amide bonds. The SMILES string of the molecule is CC/C=C\C/C=C\C/C=C\C/C=C\C/C=C\C/C=C\CCCCCCCCCCCCC(=O)OCC(COC(=O)CCCCCCCCCCCCC)OC(=O)CCCC/C=C\C/C=C\C/C=C\C/C=C\C/C=C\C/C=C\CC. The van der Waals surface area contributed by atoms with Crippen molar-refractivity contribution in [3.8, 4) is 0 Å². The first kappa shape index (κ1) is 74.3. The minimum atomic E-state index is -0.808. The lowest BCUT2D eigenvalue weighted by Crippen LogP contribution is -2.30. The molecule has 0 aromatic carbocycles. The normalized spacial score (nSPS) is 13.1. The summed E-state index contributed by atoms with van der Waals surface area (Å²) in [6, 6.07) is 0. The van der Waals surface area contributed by atoms with Gasteiger partial charge in [0.25, 0.3) is 0 Å². The van der Waals surface area contributed by atoms with Crippen molar-refractivity contribution in [3.05, 3.63) is 146 Å². The van der Waals surface area contributed by atoms with Gasteiger partial charge >= 0.3 is 17.9 Å². The van der Waals surface area contributed by atoms with Gasteiger partial charge < -0.3 is 14.2 Å². The Hall–Kier alpha value is -4.71. The summed E-state index contributed by atoms with van der Waals surface area (Å²) < 4.78 is 16.9. The lowest BCUT2D eigenvalue weighted by molar-refractivity contribution is -0.167. The topological polar surface area (TPSA) is 78.9 Å². The molecule has 0 saturated heterocycles. The Morgan fingerprint density at radius 2 is 0.494 bits per heavy atom. The zero-order valence-corrected chi connectivity index (χ0v) is 51.1. The molecule has 0 radical (unpaired) electrons. The average molecular weight is 1090 g/mol. The van der Waals surface area contributed by atoms with E-state index in [2.05, 4.69) is 167 Å². The van der Waals surface area contributed by atoms with Gasteiger partial charge in [-0.15, -0.1) is 0 Å². The lowest BCUT2D eigenvalue weighted by atomic mass is 10.1. The molecule has 0 aliphatic carbocycles. The smallest absolute Gasteiger partial charge is 0.306 e. The average Bonchev–Trinajstić information content (AvgIpc) is 3.45.